The molecule has 0 atom stereocenters. The number of nitrogens with two attached hydrogens (primary N) is 1. The van der Waals surface area contributed by atoms with Crippen LogP contribution < -0.4 is 15.8 Å². The normalized spacial score (nSPS) is 10.8. The third kappa shape index (κ3) is 4.49. The van der Waals surface area contributed by atoms with Crippen molar-refractivity contribution in [3.8, 4) is 23.0 Å². The first-order valence-electron chi connectivity index (χ1n) is 8.93. The molecule has 0 bridgehead atoms. The SMILES string of the molecule is CSc1nc(N)cc(Oc2ccc(-c3nnc(Nc4cccc(C)c4)[nH]3)c(F)c2)n1. The van der Waals surface area contributed by atoms with Gasteiger partial charge in [0, 0.05) is 17.8 Å². The Hall–Kier alpha value is -3.66. The third-order valence-corrected chi connectivity index (χ3v) is 4.62. The molecule has 152 valence electrons. The van der Waals surface area contributed by atoms with E-state index in [-0.39, 0.29) is 23.0 Å². The molecule has 0 aliphatic heterocycles. The van der Waals surface area contributed by atoms with Crippen LogP contribution in [0, 0.1) is 12.7 Å². The molecule has 0 aliphatic carbocycles. The van der Waals surface area contributed by atoms with Crippen LogP contribution in [-0.4, -0.2) is 31.4 Å². The molecule has 2 aromatic heterocycles. The van der Waals surface area contributed by atoms with Crippen molar-refractivity contribution in [1.29, 1.82) is 0 Å². The van der Waals surface area contributed by atoms with Crippen molar-refractivity contribution in [2.75, 3.05) is 17.3 Å². The lowest BCUT2D eigenvalue weighted by Gasteiger charge is -2.08. The van der Waals surface area contributed by atoms with Crippen molar-refractivity contribution in [1.82, 2.24) is 25.1 Å². The molecule has 2 heterocycles. The molecule has 0 saturated heterocycles. The molecule has 10 heteroatoms. The second-order valence-corrected chi connectivity index (χ2v) is 7.15. The molecule has 4 aromatic rings. The molecule has 8 nitrogen and oxygen atoms in total. The monoisotopic (exact) mass is 423 g/mol. The number of rotatable bonds is 6. The van der Waals surface area contributed by atoms with E-state index in [9.17, 15) is 4.39 Å². The summed E-state index contributed by atoms with van der Waals surface area (Å²) in [5.74, 6) is 0.985. The van der Waals surface area contributed by atoms with Gasteiger partial charge in [-0.3, -0.25) is 0 Å². The predicted molar refractivity (Wildman–Crippen MR) is 115 cm³/mol. The number of aryl methyl sites for hydroxylation is 1. The van der Waals surface area contributed by atoms with Gasteiger partial charge in [0.05, 0.1) is 5.56 Å². The fourth-order valence-electron chi connectivity index (χ4n) is 2.74. The number of anilines is 3. The van der Waals surface area contributed by atoms with E-state index in [1.54, 1.807) is 12.1 Å². The molecule has 0 aliphatic rings. The smallest absolute Gasteiger partial charge is 0.226 e. The Labute approximate surface area is 176 Å². The fourth-order valence-corrected chi connectivity index (χ4v) is 3.11. The number of halogens is 1. The van der Waals surface area contributed by atoms with Gasteiger partial charge in [0.25, 0.3) is 0 Å². The van der Waals surface area contributed by atoms with Crippen molar-refractivity contribution in [2.45, 2.75) is 12.1 Å². The van der Waals surface area contributed by atoms with Gasteiger partial charge in [0.15, 0.2) is 11.0 Å². The van der Waals surface area contributed by atoms with Crippen LogP contribution in [0.5, 0.6) is 11.6 Å². The van der Waals surface area contributed by atoms with Crippen molar-refractivity contribution < 1.29 is 9.13 Å². The average Bonchev–Trinajstić information content (AvgIpc) is 3.15. The highest BCUT2D eigenvalue weighted by atomic mass is 32.2. The number of thioether (sulfide) groups is 1. The Morgan fingerprint density at radius 3 is 2.73 bits per heavy atom. The zero-order chi connectivity index (χ0) is 21.1. The Morgan fingerprint density at radius 2 is 1.97 bits per heavy atom. The summed E-state index contributed by atoms with van der Waals surface area (Å²) >= 11 is 1.33. The van der Waals surface area contributed by atoms with Crippen LogP contribution in [0.4, 0.5) is 21.8 Å². The van der Waals surface area contributed by atoms with Crippen molar-refractivity contribution in [3.63, 3.8) is 0 Å². The molecule has 0 amide bonds. The molecule has 0 saturated carbocycles. The Bertz CT molecular complexity index is 1200. The number of hydrogen-bond donors (Lipinski definition) is 3. The lowest BCUT2D eigenvalue weighted by molar-refractivity contribution is 0.452. The number of nitrogens with zero attached hydrogens (tertiary/aromatic N) is 4. The van der Waals surface area contributed by atoms with Crippen LogP contribution in [0.3, 0.4) is 0 Å². The highest BCUT2D eigenvalue weighted by Gasteiger charge is 2.13. The van der Waals surface area contributed by atoms with E-state index in [2.05, 4.69) is 30.5 Å². The van der Waals surface area contributed by atoms with Crippen LogP contribution in [0.25, 0.3) is 11.4 Å². The van der Waals surface area contributed by atoms with Crippen LogP contribution in [0.2, 0.25) is 0 Å². The van der Waals surface area contributed by atoms with E-state index in [4.69, 9.17) is 10.5 Å². The van der Waals surface area contributed by atoms with Gasteiger partial charge in [-0.05, 0) is 43.0 Å². The molecule has 0 fully saturated rings. The van der Waals surface area contributed by atoms with Gasteiger partial charge in [0.2, 0.25) is 11.8 Å². The number of ether oxygens (including phenoxy) is 1. The van der Waals surface area contributed by atoms with Gasteiger partial charge in [0.1, 0.15) is 17.4 Å². The molecule has 4 N–H and O–H groups in total. The maximum Gasteiger partial charge on any atom is 0.226 e. The summed E-state index contributed by atoms with van der Waals surface area (Å²) in [7, 11) is 0. The molecule has 0 spiro atoms. The number of aromatic amines is 1. The van der Waals surface area contributed by atoms with Crippen LogP contribution in [0.1, 0.15) is 5.56 Å². The summed E-state index contributed by atoms with van der Waals surface area (Å²) in [5, 5.41) is 11.6. The summed E-state index contributed by atoms with van der Waals surface area (Å²) in [5.41, 5.74) is 7.97. The largest absolute Gasteiger partial charge is 0.439 e. The van der Waals surface area contributed by atoms with Gasteiger partial charge in [-0.15, -0.1) is 10.2 Å². The molecule has 0 unspecified atom stereocenters. The first-order chi connectivity index (χ1) is 14.5. The van der Waals surface area contributed by atoms with Crippen LogP contribution in [0.15, 0.2) is 53.7 Å². The number of nitrogens with one attached hydrogen (secondary N) is 2. The van der Waals surface area contributed by atoms with E-state index in [1.165, 1.54) is 23.9 Å². The van der Waals surface area contributed by atoms with Gasteiger partial charge >= 0.3 is 0 Å². The summed E-state index contributed by atoms with van der Waals surface area (Å²) < 4.78 is 20.3. The second-order valence-electron chi connectivity index (χ2n) is 6.38. The summed E-state index contributed by atoms with van der Waals surface area (Å²) in [4.78, 5) is 11.2. The lowest BCUT2D eigenvalue weighted by atomic mass is 10.2. The number of benzene rings is 2. The topological polar surface area (TPSA) is 115 Å². The highest BCUT2D eigenvalue weighted by molar-refractivity contribution is 7.98. The van der Waals surface area contributed by atoms with E-state index in [0.29, 0.717) is 16.9 Å². The van der Waals surface area contributed by atoms with Gasteiger partial charge in [-0.2, -0.15) is 4.98 Å². The number of nitrogen functional groups attached to an aromatic ring is 1. The minimum Gasteiger partial charge on any atom is -0.439 e. The first kappa shape index (κ1) is 19.6. The standard InChI is InChI=1S/C20H18FN7OS/c1-11-4-3-5-12(8-11)23-19-26-18(27-28-19)14-7-6-13(9-15(14)21)29-17-10-16(22)24-20(25-17)30-2/h3-10H,1-2H3,(H2,22,24,25)(H2,23,26,27,28). The zero-order valence-corrected chi connectivity index (χ0v) is 17.0. The predicted octanol–water partition coefficient (Wildman–Crippen LogP) is 4.55. The molecular weight excluding hydrogens is 405 g/mol. The molecule has 0 radical (unpaired) electrons. The van der Waals surface area contributed by atoms with Gasteiger partial charge in [-0.1, -0.05) is 23.9 Å². The molecule has 2 aromatic carbocycles. The van der Waals surface area contributed by atoms with E-state index >= 15 is 0 Å². The van der Waals surface area contributed by atoms with Crippen molar-refractivity contribution in [2.24, 2.45) is 0 Å². The van der Waals surface area contributed by atoms with Crippen molar-refractivity contribution >= 4 is 29.2 Å². The average molecular weight is 423 g/mol. The van der Waals surface area contributed by atoms with Crippen molar-refractivity contribution in [3.05, 3.63) is 59.9 Å². The zero-order valence-electron chi connectivity index (χ0n) is 16.2. The first-order valence-corrected chi connectivity index (χ1v) is 10.2. The third-order valence-electron chi connectivity index (χ3n) is 4.07. The molecular formula is C20H18FN7OS. The molecule has 30 heavy (non-hydrogen) atoms. The number of H-pyrrole nitrogens is 1. The fraction of sp³-hybridized carbons (Fsp3) is 0.100. The molecule has 4 rings (SSSR count). The maximum absolute atomic E-state index is 14.7. The van der Waals surface area contributed by atoms with E-state index in [0.717, 1.165) is 11.3 Å². The summed E-state index contributed by atoms with van der Waals surface area (Å²) in [6.07, 6.45) is 1.83. The minimum atomic E-state index is -0.516. The number of aromatic nitrogens is 5. The Morgan fingerprint density at radius 1 is 1.10 bits per heavy atom. The Kier molecular flexibility index (Phi) is 5.48. The quantitative estimate of drug-likeness (QED) is 0.306. The Balaban J connectivity index is 1.52. The minimum absolute atomic E-state index is 0.239. The highest BCUT2D eigenvalue weighted by Crippen LogP contribution is 2.28. The van der Waals surface area contributed by atoms with Crippen LogP contribution in [-0.2, 0) is 0 Å². The van der Waals surface area contributed by atoms with Gasteiger partial charge in [-0.25, -0.2) is 9.37 Å². The van der Waals surface area contributed by atoms with Crippen LogP contribution >= 0.6 is 11.8 Å². The summed E-state index contributed by atoms with van der Waals surface area (Å²) in [6, 6.07) is 13.7. The second kappa shape index (κ2) is 8.37. The summed E-state index contributed by atoms with van der Waals surface area (Å²) in [6.45, 7) is 1.99. The van der Waals surface area contributed by atoms with Gasteiger partial charge < -0.3 is 20.8 Å². The van der Waals surface area contributed by atoms with E-state index < -0.39 is 5.82 Å². The maximum atomic E-state index is 14.7. The number of hydrogen-bond acceptors (Lipinski definition) is 8. The van der Waals surface area contributed by atoms with E-state index in [1.807, 2.05) is 37.4 Å². The lowest BCUT2D eigenvalue weighted by Crippen LogP contribution is -1.97.